The highest BCUT2D eigenvalue weighted by molar-refractivity contribution is 7.14. The Kier molecular flexibility index (Phi) is 5.99. The zero-order valence-corrected chi connectivity index (χ0v) is 15.7. The summed E-state index contributed by atoms with van der Waals surface area (Å²) in [6.45, 7) is -0.434. The number of nitrogens with zero attached hydrogens (tertiary/aromatic N) is 2. The number of hydrogen-bond acceptors (Lipinski definition) is 7. The summed E-state index contributed by atoms with van der Waals surface area (Å²) in [6.07, 6.45) is 0. The molecular formula is C20H15N3O4S. The highest BCUT2D eigenvalue weighted by Gasteiger charge is 2.12. The van der Waals surface area contributed by atoms with Crippen molar-refractivity contribution < 1.29 is 19.1 Å². The Balaban J connectivity index is 1.54. The first-order valence-electron chi connectivity index (χ1n) is 8.16. The van der Waals surface area contributed by atoms with Gasteiger partial charge in [0, 0.05) is 10.9 Å². The summed E-state index contributed by atoms with van der Waals surface area (Å²) >= 11 is 1.27. The van der Waals surface area contributed by atoms with Crippen molar-refractivity contribution in [3.05, 3.63) is 65.0 Å². The number of hydrogen-bond donors (Lipinski definition) is 1. The predicted molar refractivity (Wildman–Crippen MR) is 104 cm³/mol. The molecule has 0 fully saturated rings. The van der Waals surface area contributed by atoms with Gasteiger partial charge in [0.15, 0.2) is 11.7 Å². The lowest BCUT2D eigenvalue weighted by atomic mass is 10.1. The number of benzene rings is 2. The van der Waals surface area contributed by atoms with E-state index in [0.717, 1.165) is 17.0 Å². The molecule has 0 saturated carbocycles. The van der Waals surface area contributed by atoms with Crippen LogP contribution in [-0.2, 0) is 9.53 Å². The molecule has 0 radical (unpaired) electrons. The van der Waals surface area contributed by atoms with Gasteiger partial charge in [-0.1, -0.05) is 0 Å². The number of aromatic nitrogens is 1. The SMILES string of the molecule is COc1ccc(-c2csc(NC(=O)COC(=O)c3ccc(C#N)cc3)n2)cc1. The van der Waals surface area contributed by atoms with Crippen molar-refractivity contribution in [1.82, 2.24) is 4.98 Å². The second-order valence-electron chi connectivity index (χ2n) is 5.58. The first kappa shape index (κ1) is 19.1. The monoisotopic (exact) mass is 393 g/mol. The Morgan fingerprint density at radius 3 is 2.50 bits per heavy atom. The van der Waals surface area contributed by atoms with E-state index in [4.69, 9.17) is 14.7 Å². The minimum absolute atomic E-state index is 0.267. The molecule has 28 heavy (non-hydrogen) atoms. The van der Waals surface area contributed by atoms with Crippen molar-refractivity contribution in [3.63, 3.8) is 0 Å². The third-order valence-electron chi connectivity index (χ3n) is 3.72. The zero-order valence-electron chi connectivity index (χ0n) is 14.8. The minimum atomic E-state index is -0.641. The van der Waals surface area contributed by atoms with Crippen LogP contribution in [0.25, 0.3) is 11.3 Å². The third kappa shape index (κ3) is 4.72. The van der Waals surface area contributed by atoms with Gasteiger partial charge in [-0.3, -0.25) is 10.1 Å². The lowest BCUT2D eigenvalue weighted by Gasteiger charge is -2.05. The second kappa shape index (κ2) is 8.79. The van der Waals surface area contributed by atoms with Gasteiger partial charge >= 0.3 is 5.97 Å². The molecule has 0 unspecified atom stereocenters. The average molecular weight is 393 g/mol. The summed E-state index contributed by atoms with van der Waals surface area (Å²) in [5, 5.41) is 13.6. The Morgan fingerprint density at radius 2 is 1.86 bits per heavy atom. The molecule has 1 heterocycles. The summed E-state index contributed by atoms with van der Waals surface area (Å²) in [7, 11) is 1.60. The standard InChI is InChI=1S/C20H15N3O4S/c1-26-16-8-6-14(7-9-16)17-12-28-20(22-17)23-18(24)11-27-19(25)15-4-2-13(10-21)3-5-15/h2-9,12H,11H2,1H3,(H,22,23,24). The summed E-state index contributed by atoms with van der Waals surface area (Å²) in [6, 6.07) is 15.3. The van der Waals surface area contributed by atoms with Crippen molar-refractivity contribution in [1.29, 1.82) is 5.26 Å². The number of carbonyl (C=O) groups is 2. The van der Waals surface area contributed by atoms with Gasteiger partial charge in [0.05, 0.1) is 30.0 Å². The number of thiazole rings is 1. The van der Waals surface area contributed by atoms with Crippen LogP contribution >= 0.6 is 11.3 Å². The van der Waals surface area contributed by atoms with Crippen LogP contribution < -0.4 is 10.1 Å². The van der Waals surface area contributed by atoms with Gasteiger partial charge in [0.2, 0.25) is 0 Å². The van der Waals surface area contributed by atoms with Crippen LogP contribution in [0, 0.1) is 11.3 Å². The molecule has 2 aromatic carbocycles. The normalized spacial score (nSPS) is 10.0. The van der Waals surface area contributed by atoms with Gasteiger partial charge in [0.25, 0.3) is 5.91 Å². The first-order chi connectivity index (χ1) is 13.6. The van der Waals surface area contributed by atoms with E-state index in [1.54, 1.807) is 7.11 Å². The topological polar surface area (TPSA) is 101 Å². The van der Waals surface area contributed by atoms with Crippen LogP contribution in [0.5, 0.6) is 5.75 Å². The maximum absolute atomic E-state index is 12.0. The number of methoxy groups -OCH3 is 1. The predicted octanol–water partition coefficient (Wildman–Crippen LogP) is 3.49. The lowest BCUT2D eigenvalue weighted by Crippen LogP contribution is -2.20. The van der Waals surface area contributed by atoms with E-state index < -0.39 is 18.5 Å². The fourth-order valence-electron chi connectivity index (χ4n) is 2.28. The number of nitrogens with one attached hydrogen (secondary N) is 1. The van der Waals surface area contributed by atoms with E-state index in [1.807, 2.05) is 35.7 Å². The van der Waals surface area contributed by atoms with Gasteiger partial charge in [-0.25, -0.2) is 9.78 Å². The lowest BCUT2D eigenvalue weighted by molar-refractivity contribution is -0.119. The van der Waals surface area contributed by atoms with Crippen molar-refractivity contribution in [2.75, 3.05) is 19.0 Å². The van der Waals surface area contributed by atoms with E-state index >= 15 is 0 Å². The van der Waals surface area contributed by atoms with Gasteiger partial charge in [-0.15, -0.1) is 11.3 Å². The molecule has 0 atom stereocenters. The van der Waals surface area contributed by atoms with Crippen LogP contribution in [0.3, 0.4) is 0 Å². The molecule has 1 amide bonds. The van der Waals surface area contributed by atoms with Crippen LogP contribution in [0.15, 0.2) is 53.9 Å². The van der Waals surface area contributed by atoms with Gasteiger partial charge in [0.1, 0.15) is 5.75 Å². The van der Waals surface area contributed by atoms with Gasteiger partial charge in [-0.2, -0.15) is 5.26 Å². The fraction of sp³-hybridized carbons (Fsp3) is 0.100. The molecule has 1 N–H and O–H groups in total. The Bertz CT molecular complexity index is 1020. The zero-order chi connectivity index (χ0) is 19.9. The van der Waals surface area contributed by atoms with E-state index in [2.05, 4.69) is 10.3 Å². The molecule has 7 nitrogen and oxygen atoms in total. The summed E-state index contributed by atoms with van der Waals surface area (Å²) < 4.78 is 10.1. The smallest absolute Gasteiger partial charge is 0.338 e. The first-order valence-corrected chi connectivity index (χ1v) is 9.04. The fourth-order valence-corrected chi connectivity index (χ4v) is 3.01. The average Bonchev–Trinajstić information content (AvgIpc) is 3.20. The van der Waals surface area contributed by atoms with Crippen LogP contribution in [-0.4, -0.2) is 30.6 Å². The van der Waals surface area contributed by atoms with Crippen LogP contribution in [0.4, 0.5) is 5.13 Å². The van der Waals surface area contributed by atoms with Crippen LogP contribution in [0.1, 0.15) is 15.9 Å². The van der Waals surface area contributed by atoms with Crippen molar-refractivity contribution in [2.45, 2.75) is 0 Å². The Labute approximate surface area is 165 Å². The molecule has 3 rings (SSSR count). The number of anilines is 1. The maximum Gasteiger partial charge on any atom is 0.338 e. The molecular weight excluding hydrogens is 378 g/mol. The number of esters is 1. The Morgan fingerprint density at radius 1 is 1.14 bits per heavy atom. The number of amides is 1. The van der Waals surface area contributed by atoms with E-state index in [0.29, 0.717) is 10.7 Å². The van der Waals surface area contributed by atoms with Gasteiger partial charge < -0.3 is 9.47 Å². The van der Waals surface area contributed by atoms with Crippen molar-refractivity contribution in [3.8, 4) is 23.1 Å². The molecule has 0 aliphatic carbocycles. The number of nitriles is 1. The number of carbonyl (C=O) groups excluding carboxylic acids is 2. The summed E-state index contributed by atoms with van der Waals surface area (Å²) in [4.78, 5) is 28.3. The third-order valence-corrected chi connectivity index (χ3v) is 4.48. The van der Waals surface area contributed by atoms with E-state index in [-0.39, 0.29) is 5.56 Å². The highest BCUT2D eigenvalue weighted by atomic mass is 32.1. The second-order valence-corrected chi connectivity index (χ2v) is 6.44. The molecule has 8 heteroatoms. The van der Waals surface area contributed by atoms with E-state index in [9.17, 15) is 9.59 Å². The van der Waals surface area contributed by atoms with Gasteiger partial charge in [-0.05, 0) is 48.5 Å². The summed E-state index contributed by atoms with van der Waals surface area (Å²) in [5.41, 5.74) is 2.32. The molecule has 0 saturated heterocycles. The number of ether oxygens (including phenoxy) is 2. The van der Waals surface area contributed by atoms with Crippen LogP contribution in [0.2, 0.25) is 0 Å². The highest BCUT2D eigenvalue weighted by Crippen LogP contribution is 2.26. The molecule has 3 aromatic rings. The number of rotatable bonds is 6. The molecule has 0 aliphatic rings. The molecule has 0 bridgehead atoms. The molecule has 140 valence electrons. The molecule has 0 aliphatic heterocycles. The van der Waals surface area contributed by atoms with Crippen molar-refractivity contribution >= 4 is 28.3 Å². The molecule has 0 spiro atoms. The quantitative estimate of drug-likeness (QED) is 0.644. The maximum atomic E-state index is 12.0. The van der Waals surface area contributed by atoms with E-state index in [1.165, 1.54) is 35.6 Å². The van der Waals surface area contributed by atoms with Crippen molar-refractivity contribution in [2.24, 2.45) is 0 Å². The molecule has 1 aromatic heterocycles. The summed E-state index contributed by atoms with van der Waals surface area (Å²) in [5.74, 6) is -0.382. The Hall–Kier alpha value is -3.70. The largest absolute Gasteiger partial charge is 0.497 e. The minimum Gasteiger partial charge on any atom is -0.497 e.